The van der Waals surface area contributed by atoms with Crippen LogP contribution >= 0.6 is 0 Å². The maximum atomic E-state index is 11.6. The molecule has 0 radical (unpaired) electrons. The first-order valence-corrected chi connectivity index (χ1v) is 10.3. The van der Waals surface area contributed by atoms with Gasteiger partial charge in [-0.3, -0.25) is 4.79 Å². The Morgan fingerprint density at radius 3 is 2.60 bits per heavy atom. The number of carbonyl (C=O) groups is 1. The van der Waals surface area contributed by atoms with E-state index in [0.717, 1.165) is 25.2 Å². The van der Waals surface area contributed by atoms with Crippen molar-refractivity contribution < 1.29 is 19.3 Å². The molecule has 0 bridgehead atoms. The van der Waals surface area contributed by atoms with Crippen molar-refractivity contribution in [2.24, 2.45) is 17.8 Å². The van der Waals surface area contributed by atoms with Crippen LogP contribution in [-0.2, 0) is 19.3 Å². The summed E-state index contributed by atoms with van der Waals surface area (Å²) in [5.41, 5.74) is -0.252. The smallest absolute Gasteiger partial charge is 0.308 e. The second kappa shape index (κ2) is 11.2. The molecule has 148 valence electrons. The minimum Gasteiger partial charge on any atom is -0.469 e. The Bertz CT molecular complexity index is 384. The molecule has 1 rings (SSSR count). The summed E-state index contributed by atoms with van der Waals surface area (Å²) in [6.07, 6.45) is 9.41. The zero-order chi connectivity index (χ0) is 18.9. The van der Waals surface area contributed by atoms with Gasteiger partial charge in [0.25, 0.3) is 0 Å². The van der Waals surface area contributed by atoms with E-state index in [-0.39, 0.29) is 24.1 Å². The molecule has 0 spiro atoms. The van der Waals surface area contributed by atoms with Crippen LogP contribution in [0.5, 0.6) is 0 Å². The number of unbranched alkanes of at least 4 members (excludes halogenated alkanes) is 1. The van der Waals surface area contributed by atoms with Gasteiger partial charge in [0.1, 0.15) is 11.7 Å². The van der Waals surface area contributed by atoms with Gasteiger partial charge in [-0.05, 0) is 43.9 Å². The highest BCUT2D eigenvalue weighted by molar-refractivity contribution is 5.69. The minimum atomic E-state index is -0.252. The number of esters is 1. The maximum Gasteiger partial charge on any atom is 0.308 e. The first kappa shape index (κ1) is 22.4. The Morgan fingerprint density at radius 1 is 1.32 bits per heavy atom. The van der Waals surface area contributed by atoms with Crippen molar-refractivity contribution in [2.75, 3.05) is 7.11 Å². The number of hydrogen-bond donors (Lipinski definition) is 0. The molecule has 0 aromatic rings. The van der Waals surface area contributed by atoms with Crippen LogP contribution in [0.25, 0.3) is 0 Å². The largest absolute Gasteiger partial charge is 0.469 e. The molecule has 1 saturated heterocycles. The summed E-state index contributed by atoms with van der Waals surface area (Å²) in [7, 11) is 1.42. The molecule has 0 N–H and O–H groups in total. The summed E-state index contributed by atoms with van der Waals surface area (Å²) in [6, 6.07) is 0. The van der Waals surface area contributed by atoms with Gasteiger partial charge in [-0.2, -0.15) is 0 Å². The first-order valence-electron chi connectivity index (χ1n) is 10.3. The number of ether oxygens (including phenoxy) is 1. The van der Waals surface area contributed by atoms with Gasteiger partial charge >= 0.3 is 5.97 Å². The van der Waals surface area contributed by atoms with Crippen LogP contribution in [0.1, 0.15) is 92.4 Å². The van der Waals surface area contributed by atoms with Crippen molar-refractivity contribution in [3.05, 3.63) is 0 Å². The van der Waals surface area contributed by atoms with Crippen LogP contribution in [-0.4, -0.2) is 24.8 Å². The van der Waals surface area contributed by atoms with Crippen molar-refractivity contribution in [1.82, 2.24) is 0 Å². The summed E-state index contributed by atoms with van der Waals surface area (Å²) >= 11 is 0. The molecule has 0 aliphatic carbocycles. The molecule has 1 aliphatic heterocycles. The molecule has 1 heterocycles. The SMILES string of the molecule is CCCCC(C)CC(CC)CC1(C)CC(CC)C(CC(=O)OC)OO1. The standard InChI is InChI=1S/C21H40O4/c1-7-10-11-16(4)12-17(8-2)14-21(5)15-18(9-3)19(24-25-21)13-20(22)23-6/h16-19H,7-15H2,1-6H3. The Morgan fingerprint density at radius 2 is 2.04 bits per heavy atom. The zero-order valence-electron chi connectivity index (χ0n) is 17.3. The van der Waals surface area contributed by atoms with Crippen molar-refractivity contribution in [3.63, 3.8) is 0 Å². The Labute approximate surface area is 154 Å². The molecule has 25 heavy (non-hydrogen) atoms. The lowest BCUT2D eigenvalue weighted by molar-refractivity contribution is -0.419. The summed E-state index contributed by atoms with van der Waals surface area (Å²) in [5.74, 6) is 1.54. The van der Waals surface area contributed by atoms with Gasteiger partial charge in [-0.25, -0.2) is 9.78 Å². The second-order valence-electron chi connectivity index (χ2n) is 8.28. The number of hydrogen-bond acceptors (Lipinski definition) is 4. The lowest BCUT2D eigenvalue weighted by Crippen LogP contribution is -2.45. The fourth-order valence-corrected chi connectivity index (χ4v) is 4.19. The molecular formula is C21H40O4. The highest BCUT2D eigenvalue weighted by atomic mass is 17.2. The summed E-state index contributed by atoms with van der Waals surface area (Å²) < 4.78 is 4.78. The first-order chi connectivity index (χ1) is 11.9. The fourth-order valence-electron chi connectivity index (χ4n) is 4.19. The Balaban J connectivity index is 2.60. The van der Waals surface area contributed by atoms with Crippen LogP contribution in [0, 0.1) is 17.8 Å². The van der Waals surface area contributed by atoms with Crippen molar-refractivity contribution >= 4 is 5.97 Å². The average Bonchev–Trinajstić information content (AvgIpc) is 2.60. The molecule has 0 aromatic carbocycles. The Hall–Kier alpha value is -0.610. The molecular weight excluding hydrogens is 316 g/mol. The van der Waals surface area contributed by atoms with E-state index in [1.165, 1.54) is 39.2 Å². The molecule has 4 nitrogen and oxygen atoms in total. The number of methoxy groups -OCH3 is 1. The normalized spacial score (nSPS) is 29.2. The summed E-state index contributed by atoms with van der Waals surface area (Å²) in [5, 5.41) is 0. The molecule has 1 fully saturated rings. The lowest BCUT2D eigenvalue weighted by atomic mass is 9.77. The van der Waals surface area contributed by atoms with E-state index in [4.69, 9.17) is 14.5 Å². The third-order valence-corrected chi connectivity index (χ3v) is 5.80. The third-order valence-electron chi connectivity index (χ3n) is 5.80. The monoisotopic (exact) mass is 356 g/mol. The van der Waals surface area contributed by atoms with Gasteiger partial charge in [0, 0.05) is 0 Å². The van der Waals surface area contributed by atoms with E-state index < -0.39 is 0 Å². The molecule has 0 saturated carbocycles. The van der Waals surface area contributed by atoms with E-state index in [1.54, 1.807) is 0 Å². The van der Waals surface area contributed by atoms with E-state index in [1.807, 2.05) is 0 Å². The second-order valence-corrected chi connectivity index (χ2v) is 8.28. The van der Waals surface area contributed by atoms with E-state index in [0.29, 0.717) is 11.8 Å². The molecule has 5 unspecified atom stereocenters. The zero-order valence-corrected chi connectivity index (χ0v) is 17.3. The van der Waals surface area contributed by atoms with Gasteiger partial charge in [-0.1, -0.05) is 59.8 Å². The van der Waals surface area contributed by atoms with Crippen LogP contribution in [0.2, 0.25) is 0 Å². The topological polar surface area (TPSA) is 44.8 Å². The molecule has 5 atom stereocenters. The average molecular weight is 357 g/mol. The van der Waals surface area contributed by atoms with Crippen molar-refractivity contribution in [1.29, 1.82) is 0 Å². The molecule has 0 aromatic heterocycles. The lowest BCUT2D eigenvalue weighted by Gasteiger charge is -2.42. The highest BCUT2D eigenvalue weighted by Crippen LogP contribution is 2.40. The maximum absolute atomic E-state index is 11.6. The van der Waals surface area contributed by atoms with Gasteiger partial charge in [0.2, 0.25) is 0 Å². The molecule has 1 aliphatic rings. The summed E-state index contributed by atoms with van der Waals surface area (Å²) in [6.45, 7) is 11.2. The predicted molar refractivity (Wildman–Crippen MR) is 101 cm³/mol. The Kier molecular flexibility index (Phi) is 10.0. The summed E-state index contributed by atoms with van der Waals surface area (Å²) in [4.78, 5) is 23.1. The quantitative estimate of drug-likeness (QED) is 0.352. The molecule has 0 amide bonds. The van der Waals surface area contributed by atoms with E-state index in [9.17, 15) is 4.79 Å². The van der Waals surface area contributed by atoms with Gasteiger partial charge in [0.05, 0.1) is 13.5 Å². The minimum absolute atomic E-state index is 0.186. The molecule has 4 heteroatoms. The van der Waals surface area contributed by atoms with Crippen molar-refractivity contribution in [3.8, 4) is 0 Å². The van der Waals surface area contributed by atoms with E-state index in [2.05, 4.69) is 34.6 Å². The predicted octanol–water partition coefficient (Wildman–Crippen LogP) is 5.69. The van der Waals surface area contributed by atoms with Gasteiger partial charge < -0.3 is 4.74 Å². The van der Waals surface area contributed by atoms with Gasteiger partial charge in [-0.15, -0.1) is 0 Å². The van der Waals surface area contributed by atoms with Crippen LogP contribution in [0.15, 0.2) is 0 Å². The fraction of sp³-hybridized carbons (Fsp3) is 0.952. The van der Waals surface area contributed by atoms with E-state index >= 15 is 0 Å². The van der Waals surface area contributed by atoms with Crippen LogP contribution in [0.3, 0.4) is 0 Å². The third kappa shape index (κ3) is 7.65. The van der Waals surface area contributed by atoms with Crippen LogP contribution in [0.4, 0.5) is 0 Å². The number of carbonyl (C=O) groups excluding carboxylic acids is 1. The highest BCUT2D eigenvalue weighted by Gasteiger charge is 2.41. The number of rotatable bonds is 11. The van der Waals surface area contributed by atoms with Gasteiger partial charge in [0.15, 0.2) is 0 Å². The van der Waals surface area contributed by atoms with Crippen molar-refractivity contribution in [2.45, 2.75) is 104 Å². The van der Waals surface area contributed by atoms with Crippen LogP contribution < -0.4 is 0 Å².